The van der Waals surface area contributed by atoms with Gasteiger partial charge in [-0.25, -0.2) is 0 Å². The van der Waals surface area contributed by atoms with Crippen LogP contribution in [0.5, 0.6) is 0 Å². The molecule has 146 valence electrons. The average Bonchev–Trinajstić information content (AvgIpc) is 2.56. The number of hydrogen-bond donors (Lipinski definition) is 0. The summed E-state index contributed by atoms with van der Waals surface area (Å²) in [4.78, 5) is 10.6. The molecular weight excluding hydrogens is 319 g/mol. The van der Waals surface area contributed by atoms with Crippen LogP contribution in [0.2, 0.25) is 0 Å². The van der Waals surface area contributed by atoms with Crippen molar-refractivity contribution < 1.29 is 40.5 Å². The Bertz CT molecular complexity index is 263. The first kappa shape index (κ1) is 27.7. The van der Waals surface area contributed by atoms with Crippen LogP contribution in [0.25, 0.3) is 0 Å². The zero-order valence-electron chi connectivity index (χ0n) is 18.8. The van der Waals surface area contributed by atoms with E-state index >= 15 is 0 Å². The van der Waals surface area contributed by atoms with Crippen LogP contribution < -0.4 is 29.6 Å². The van der Waals surface area contributed by atoms with Gasteiger partial charge in [0.15, 0.2) is 0 Å². The second kappa shape index (κ2) is 24.5. The molecule has 0 amide bonds. The molecular formula is C22H45NaO2. The van der Waals surface area contributed by atoms with Gasteiger partial charge in [0.05, 0.1) is 6.61 Å². The van der Waals surface area contributed by atoms with Crippen molar-refractivity contribution in [3.63, 3.8) is 0 Å². The Kier molecular flexibility index (Phi) is 27.1. The molecule has 0 radical (unpaired) electrons. The maximum absolute atomic E-state index is 10.6. The van der Waals surface area contributed by atoms with Gasteiger partial charge in [-0.15, -0.1) is 0 Å². The van der Waals surface area contributed by atoms with E-state index in [4.69, 9.17) is 4.74 Å². The molecule has 0 unspecified atom stereocenters. The van der Waals surface area contributed by atoms with Crippen LogP contribution in [0, 0.1) is 0 Å². The van der Waals surface area contributed by atoms with Crippen LogP contribution in [-0.2, 0) is 9.53 Å². The number of carbonyl (C=O) groups excluding carboxylic acids is 1. The van der Waals surface area contributed by atoms with Crippen LogP contribution in [0.15, 0.2) is 0 Å². The molecule has 0 aromatic carbocycles. The third kappa shape index (κ3) is 26.8. The molecule has 0 N–H and O–H groups in total. The van der Waals surface area contributed by atoms with Crippen LogP contribution in [-0.4, -0.2) is 12.6 Å². The van der Waals surface area contributed by atoms with Crippen LogP contribution in [0.4, 0.5) is 0 Å². The van der Waals surface area contributed by atoms with E-state index < -0.39 is 0 Å². The topological polar surface area (TPSA) is 26.3 Å². The molecule has 0 rings (SSSR count). The molecule has 25 heavy (non-hydrogen) atoms. The molecule has 0 heterocycles. The van der Waals surface area contributed by atoms with E-state index in [9.17, 15) is 4.79 Å². The van der Waals surface area contributed by atoms with E-state index in [1.165, 1.54) is 116 Å². The van der Waals surface area contributed by atoms with Crippen molar-refractivity contribution in [1.29, 1.82) is 0 Å². The summed E-state index contributed by atoms with van der Waals surface area (Å²) < 4.78 is 4.93. The number of rotatable bonds is 19. The first-order valence-corrected chi connectivity index (χ1v) is 10.9. The third-order valence-electron chi connectivity index (χ3n) is 4.80. The maximum atomic E-state index is 10.6. The van der Waals surface area contributed by atoms with Crippen molar-refractivity contribution in [3.8, 4) is 0 Å². The molecule has 0 fully saturated rings. The first-order valence-electron chi connectivity index (χ1n) is 10.9. The van der Waals surface area contributed by atoms with Crippen molar-refractivity contribution in [1.82, 2.24) is 0 Å². The van der Waals surface area contributed by atoms with Gasteiger partial charge in [0.25, 0.3) is 0 Å². The summed E-state index contributed by atoms with van der Waals surface area (Å²) in [6.07, 6.45) is 24.9. The van der Waals surface area contributed by atoms with Gasteiger partial charge in [-0.1, -0.05) is 116 Å². The van der Waals surface area contributed by atoms with E-state index in [1.807, 2.05) is 0 Å². The van der Waals surface area contributed by atoms with Gasteiger partial charge in [-0.3, -0.25) is 4.79 Å². The standard InChI is InChI=1S/C22H44O2.Na.H/c1-3-4-5-6-7-8-9-10-11-12-13-14-15-16-17-18-19-20-21-24-22(2)23;;/h3-21H2,1-2H3;;/q;+1;-1. The van der Waals surface area contributed by atoms with Gasteiger partial charge in [0, 0.05) is 6.92 Å². The monoisotopic (exact) mass is 364 g/mol. The van der Waals surface area contributed by atoms with Crippen molar-refractivity contribution in [2.45, 2.75) is 129 Å². The van der Waals surface area contributed by atoms with Crippen LogP contribution >= 0.6 is 0 Å². The molecule has 0 bridgehead atoms. The second-order valence-electron chi connectivity index (χ2n) is 7.35. The smallest absolute Gasteiger partial charge is 1.00 e. The summed E-state index contributed by atoms with van der Waals surface area (Å²) >= 11 is 0. The molecule has 0 aliphatic heterocycles. The predicted molar refractivity (Wildman–Crippen MR) is 107 cm³/mol. The number of unbranched alkanes of at least 4 members (excludes halogenated alkanes) is 17. The minimum absolute atomic E-state index is 0. The van der Waals surface area contributed by atoms with E-state index in [2.05, 4.69) is 6.92 Å². The molecule has 2 nitrogen and oxygen atoms in total. The molecule has 3 heteroatoms. The second-order valence-corrected chi connectivity index (χ2v) is 7.35. The Hall–Kier alpha value is 0.470. The van der Waals surface area contributed by atoms with Crippen molar-refractivity contribution in [2.75, 3.05) is 6.61 Å². The fraction of sp³-hybridized carbons (Fsp3) is 0.955. The predicted octanol–water partition coefficient (Wildman–Crippen LogP) is 4.71. The SMILES string of the molecule is CCCCCCCCCCCCCCCCCCCCOC(C)=O.[H-].[Na+]. The summed E-state index contributed by atoms with van der Waals surface area (Å²) in [5.41, 5.74) is 0. The summed E-state index contributed by atoms with van der Waals surface area (Å²) in [5, 5.41) is 0. The molecule has 0 aliphatic rings. The molecule has 0 atom stereocenters. The third-order valence-corrected chi connectivity index (χ3v) is 4.80. The normalized spacial score (nSPS) is 10.5. The van der Waals surface area contributed by atoms with Gasteiger partial charge < -0.3 is 6.16 Å². The van der Waals surface area contributed by atoms with Crippen LogP contribution in [0.1, 0.15) is 131 Å². The van der Waals surface area contributed by atoms with Crippen molar-refractivity contribution in [2.24, 2.45) is 0 Å². The van der Waals surface area contributed by atoms with E-state index in [0.717, 1.165) is 6.42 Å². The largest absolute Gasteiger partial charge is 1.00 e. The average molecular weight is 365 g/mol. The summed E-state index contributed by atoms with van der Waals surface area (Å²) in [6, 6.07) is 0. The zero-order chi connectivity index (χ0) is 17.7. The molecule has 0 saturated heterocycles. The summed E-state index contributed by atoms with van der Waals surface area (Å²) in [6.45, 7) is 4.37. The van der Waals surface area contributed by atoms with Crippen molar-refractivity contribution in [3.05, 3.63) is 0 Å². The number of hydrogen-bond acceptors (Lipinski definition) is 2. The van der Waals surface area contributed by atoms with Gasteiger partial charge in [0.2, 0.25) is 0 Å². The number of carbonyl (C=O) groups is 1. The van der Waals surface area contributed by atoms with E-state index in [1.54, 1.807) is 0 Å². The number of esters is 1. The number of ether oxygens (including phenoxy) is 1. The molecule has 0 aromatic rings. The summed E-state index contributed by atoms with van der Waals surface area (Å²) in [7, 11) is 0. The summed E-state index contributed by atoms with van der Waals surface area (Å²) in [5.74, 6) is -0.151. The Balaban J connectivity index is -0.00000264. The van der Waals surface area contributed by atoms with Crippen molar-refractivity contribution >= 4 is 5.97 Å². The maximum Gasteiger partial charge on any atom is 1.00 e. The van der Waals surface area contributed by atoms with Gasteiger partial charge in [-0.2, -0.15) is 0 Å². The molecule has 0 saturated carbocycles. The molecule has 0 spiro atoms. The Morgan fingerprint density at radius 2 is 0.880 bits per heavy atom. The van der Waals surface area contributed by atoms with Gasteiger partial charge in [-0.05, 0) is 6.42 Å². The van der Waals surface area contributed by atoms with E-state index in [-0.39, 0.29) is 37.0 Å². The Morgan fingerprint density at radius 3 is 1.16 bits per heavy atom. The zero-order valence-corrected chi connectivity index (χ0v) is 19.8. The van der Waals surface area contributed by atoms with Crippen LogP contribution in [0.3, 0.4) is 0 Å². The van der Waals surface area contributed by atoms with Gasteiger partial charge >= 0.3 is 35.5 Å². The van der Waals surface area contributed by atoms with Gasteiger partial charge in [0.1, 0.15) is 0 Å². The molecule has 0 aromatic heterocycles. The first-order chi connectivity index (χ1) is 11.8. The van der Waals surface area contributed by atoms with E-state index in [0.29, 0.717) is 6.61 Å². The fourth-order valence-electron chi connectivity index (χ4n) is 3.22. The molecule has 0 aliphatic carbocycles. The minimum atomic E-state index is -0.151. The quantitative estimate of drug-likeness (QED) is 0.188. The Labute approximate surface area is 182 Å². The Morgan fingerprint density at radius 1 is 0.600 bits per heavy atom. The minimum Gasteiger partial charge on any atom is -1.00 e. The fourth-order valence-corrected chi connectivity index (χ4v) is 3.22.